The average molecular weight is 530 g/mol. The molecule has 3 aliphatic heterocycles. The fraction of sp³-hybridized carbons (Fsp3) is 0.387. The van der Waals surface area contributed by atoms with Crippen molar-refractivity contribution in [2.45, 2.75) is 50.7 Å². The summed E-state index contributed by atoms with van der Waals surface area (Å²) >= 11 is 0. The van der Waals surface area contributed by atoms with E-state index in [1.165, 1.54) is 4.90 Å². The quantitative estimate of drug-likeness (QED) is 0.509. The summed E-state index contributed by atoms with van der Waals surface area (Å²) in [6, 6.07) is 12.9. The van der Waals surface area contributed by atoms with E-state index in [0.717, 1.165) is 24.1 Å². The Morgan fingerprint density at radius 2 is 1.97 bits per heavy atom. The summed E-state index contributed by atoms with van der Waals surface area (Å²) in [7, 11) is 0. The van der Waals surface area contributed by atoms with Gasteiger partial charge in [0.2, 0.25) is 11.8 Å². The lowest BCUT2D eigenvalue weighted by molar-refractivity contribution is -0.139. The van der Waals surface area contributed by atoms with Crippen molar-refractivity contribution in [3.05, 3.63) is 78.4 Å². The summed E-state index contributed by atoms with van der Waals surface area (Å²) in [5.74, 6) is -1.25. The normalized spacial score (nSPS) is 23.4. The number of para-hydroxylation sites is 1. The number of fused-ring (bicyclic) bond motifs is 2. The number of carbonyl (C=O) groups excluding carboxylic acids is 3. The molecule has 0 unspecified atom stereocenters. The monoisotopic (exact) mass is 529 g/mol. The molecule has 2 aromatic carbocycles. The summed E-state index contributed by atoms with van der Waals surface area (Å²) < 4.78 is 0. The minimum Gasteiger partial charge on any atom is -0.394 e. The minimum atomic E-state index is -1.88. The Labute approximate surface area is 228 Å². The van der Waals surface area contributed by atoms with Gasteiger partial charge in [-0.3, -0.25) is 19.3 Å². The van der Waals surface area contributed by atoms with Gasteiger partial charge >= 0.3 is 0 Å². The number of hydrogen-bond acceptors (Lipinski definition) is 5. The SMILES string of the molecule is C=CCN1C(=O)[C@@](O)([C@@H](C)/C=C/CC(=O)N2CCC[C@H]2CO)c2cc(N3C(=O)CCc4ccccc43)ccc21. The molecule has 1 saturated heterocycles. The molecule has 0 radical (unpaired) electrons. The van der Waals surface area contributed by atoms with Crippen molar-refractivity contribution in [1.29, 1.82) is 0 Å². The number of aryl methyl sites for hydroxylation is 1. The Bertz CT molecular complexity index is 1340. The summed E-state index contributed by atoms with van der Waals surface area (Å²) in [5.41, 5.74) is 1.58. The van der Waals surface area contributed by atoms with Gasteiger partial charge in [-0.2, -0.15) is 0 Å². The molecule has 2 N–H and O–H groups in total. The Morgan fingerprint density at radius 1 is 1.18 bits per heavy atom. The van der Waals surface area contributed by atoms with Crippen molar-refractivity contribution in [2.24, 2.45) is 5.92 Å². The van der Waals surface area contributed by atoms with Crippen LogP contribution in [0.3, 0.4) is 0 Å². The fourth-order valence-electron chi connectivity index (χ4n) is 6.08. The summed E-state index contributed by atoms with van der Waals surface area (Å²) in [6.07, 6.45) is 7.83. The Kier molecular flexibility index (Phi) is 7.42. The van der Waals surface area contributed by atoms with E-state index in [-0.39, 0.29) is 37.4 Å². The molecule has 2 aromatic rings. The van der Waals surface area contributed by atoms with Crippen LogP contribution < -0.4 is 9.80 Å². The van der Waals surface area contributed by atoms with E-state index in [9.17, 15) is 24.6 Å². The largest absolute Gasteiger partial charge is 0.394 e. The average Bonchev–Trinajstić information content (AvgIpc) is 3.51. The third kappa shape index (κ3) is 4.57. The van der Waals surface area contributed by atoms with Crippen LogP contribution in [0, 0.1) is 5.92 Å². The van der Waals surface area contributed by atoms with E-state index >= 15 is 0 Å². The predicted octanol–water partition coefficient (Wildman–Crippen LogP) is 3.58. The van der Waals surface area contributed by atoms with Crippen molar-refractivity contribution in [2.75, 3.05) is 29.5 Å². The first kappa shape index (κ1) is 26.8. The molecule has 0 spiro atoms. The van der Waals surface area contributed by atoms with Crippen LogP contribution in [0.15, 0.2) is 67.3 Å². The van der Waals surface area contributed by atoms with Gasteiger partial charge < -0.3 is 20.0 Å². The molecule has 8 nitrogen and oxygen atoms in total. The molecular weight excluding hydrogens is 494 g/mol. The Balaban J connectivity index is 1.47. The number of anilines is 3. The fourth-order valence-corrected chi connectivity index (χ4v) is 6.08. The van der Waals surface area contributed by atoms with Crippen LogP contribution >= 0.6 is 0 Å². The first-order chi connectivity index (χ1) is 18.8. The number of nitrogens with zero attached hydrogens (tertiary/aromatic N) is 3. The standard InChI is InChI=1S/C31H35N3O5/c1-3-17-33-27-15-14-23(34-26-11-5-4-9-22(26)13-16-29(34)37)19-25(27)31(39,30(33)38)21(2)8-6-12-28(36)32-18-7-10-24(32)20-35/h3-6,8-9,11,14-15,19,21,24,35,39H,1,7,10,12-13,16-18,20H2,2H3/b8-6+/t21-,24-,31+/m0/s1. The van der Waals surface area contributed by atoms with Gasteiger partial charge in [0.05, 0.1) is 24.0 Å². The third-order valence-corrected chi connectivity index (χ3v) is 8.20. The number of rotatable bonds is 8. The van der Waals surface area contributed by atoms with E-state index in [2.05, 4.69) is 6.58 Å². The third-order valence-electron chi connectivity index (χ3n) is 8.20. The molecule has 0 aromatic heterocycles. The van der Waals surface area contributed by atoms with Crippen molar-refractivity contribution < 1.29 is 24.6 Å². The number of aliphatic hydroxyl groups excluding tert-OH is 1. The van der Waals surface area contributed by atoms with Gasteiger partial charge in [0.15, 0.2) is 5.60 Å². The van der Waals surface area contributed by atoms with Crippen LogP contribution in [-0.2, 0) is 26.4 Å². The van der Waals surface area contributed by atoms with Crippen molar-refractivity contribution in [3.63, 3.8) is 0 Å². The van der Waals surface area contributed by atoms with Gasteiger partial charge in [0.25, 0.3) is 5.91 Å². The van der Waals surface area contributed by atoms with Gasteiger partial charge in [-0.1, -0.05) is 43.4 Å². The first-order valence-electron chi connectivity index (χ1n) is 13.6. The van der Waals surface area contributed by atoms with Gasteiger partial charge in [-0.05, 0) is 49.1 Å². The second-order valence-corrected chi connectivity index (χ2v) is 10.5. The maximum atomic E-state index is 13.7. The molecule has 8 heteroatoms. The van der Waals surface area contributed by atoms with E-state index in [0.29, 0.717) is 36.3 Å². The molecule has 3 heterocycles. The van der Waals surface area contributed by atoms with Gasteiger partial charge in [0.1, 0.15) is 0 Å². The number of aliphatic hydroxyl groups is 2. The number of likely N-dealkylation sites (tertiary alicyclic amines) is 1. The van der Waals surface area contributed by atoms with E-state index in [4.69, 9.17) is 0 Å². The molecule has 5 rings (SSSR count). The van der Waals surface area contributed by atoms with Crippen LogP contribution in [0.25, 0.3) is 0 Å². The highest BCUT2D eigenvalue weighted by Crippen LogP contribution is 2.47. The van der Waals surface area contributed by atoms with Crippen molar-refractivity contribution in [3.8, 4) is 0 Å². The number of amides is 3. The van der Waals surface area contributed by atoms with Gasteiger partial charge in [-0.25, -0.2) is 0 Å². The van der Waals surface area contributed by atoms with Crippen molar-refractivity contribution >= 4 is 34.8 Å². The lowest BCUT2D eigenvalue weighted by Gasteiger charge is -2.31. The summed E-state index contributed by atoms with van der Waals surface area (Å²) in [4.78, 5) is 44.3. The van der Waals surface area contributed by atoms with Crippen LogP contribution in [0.1, 0.15) is 43.7 Å². The van der Waals surface area contributed by atoms with Gasteiger partial charge in [0, 0.05) is 43.1 Å². The van der Waals surface area contributed by atoms with E-state index in [1.54, 1.807) is 53.2 Å². The number of hydrogen-bond donors (Lipinski definition) is 2. The predicted molar refractivity (Wildman–Crippen MR) is 150 cm³/mol. The molecule has 39 heavy (non-hydrogen) atoms. The summed E-state index contributed by atoms with van der Waals surface area (Å²) in [6.45, 7) is 6.32. The molecule has 3 atom stereocenters. The Morgan fingerprint density at radius 3 is 2.74 bits per heavy atom. The summed E-state index contributed by atoms with van der Waals surface area (Å²) in [5, 5.41) is 21.5. The molecule has 0 aliphatic carbocycles. The molecule has 1 fully saturated rings. The van der Waals surface area contributed by atoms with Crippen LogP contribution in [-0.4, -0.2) is 58.6 Å². The molecule has 3 amide bonds. The molecular formula is C31H35N3O5. The lowest BCUT2D eigenvalue weighted by Crippen LogP contribution is -2.44. The lowest BCUT2D eigenvalue weighted by atomic mass is 9.82. The molecule has 0 bridgehead atoms. The van der Waals surface area contributed by atoms with E-state index < -0.39 is 17.4 Å². The maximum absolute atomic E-state index is 13.7. The zero-order valence-electron chi connectivity index (χ0n) is 22.3. The smallest absolute Gasteiger partial charge is 0.264 e. The van der Waals surface area contributed by atoms with E-state index in [1.807, 2.05) is 24.3 Å². The van der Waals surface area contributed by atoms with Crippen LogP contribution in [0.4, 0.5) is 17.1 Å². The minimum absolute atomic E-state index is 0.0426. The zero-order valence-corrected chi connectivity index (χ0v) is 22.3. The second-order valence-electron chi connectivity index (χ2n) is 10.5. The second kappa shape index (κ2) is 10.8. The van der Waals surface area contributed by atoms with Crippen LogP contribution in [0.2, 0.25) is 0 Å². The highest BCUT2D eigenvalue weighted by atomic mass is 16.3. The first-order valence-corrected chi connectivity index (χ1v) is 13.6. The maximum Gasteiger partial charge on any atom is 0.264 e. The highest BCUT2D eigenvalue weighted by Gasteiger charge is 2.52. The number of carbonyl (C=O) groups is 3. The molecule has 204 valence electrons. The zero-order chi connectivity index (χ0) is 27.7. The van der Waals surface area contributed by atoms with Crippen LogP contribution in [0.5, 0.6) is 0 Å². The molecule has 3 aliphatic rings. The Hall–Kier alpha value is -3.75. The van der Waals surface area contributed by atoms with Crippen molar-refractivity contribution in [1.82, 2.24) is 4.90 Å². The topological polar surface area (TPSA) is 101 Å². The van der Waals surface area contributed by atoms with Gasteiger partial charge in [-0.15, -0.1) is 6.58 Å². The number of benzene rings is 2. The highest BCUT2D eigenvalue weighted by molar-refractivity contribution is 6.09. The molecule has 0 saturated carbocycles.